The minimum Gasteiger partial charge on any atom is -0.394 e. The number of rotatable bonds is 11. The summed E-state index contributed by atoms with van der Waals surface area (Å²) >= 11 is 0. The van der Waals surface area contributed by atoms with Crippen LogP contribution in [0, 0.1) is 46.3 Å². The molecular weight excluding hydrogens is 865 g/mol. The highest BCUT2D eigenvalue weighted by atomic mass is 16.8. The summed E-state index contributed by atoms with van der Waals surface area (Å²) in [6.07, 6.45) is -13.0. The van der Waals surface area contributed by atoms with Gasteiger partial charge in [0.15, 0.2) is 30.9 Å². The van der Waals surface area contributed by atoms with Gasteiger partial charge in [0.1, 0.15) is 67.1 Å². The van der Waals surface area contributed by atoms with Gasteiger partial charge in [0.25, 0.3) is 0 Å². The molecule has 3 saturated carbocycles. The van der Waals surface area contributed by atoms with Gasteiger partial charge in [-0.25, -0.2) is 0 Å². The molecule has 0 spiro atoms. The number of ether oxygens (including phenoxy) is 9. The molecule has 0 aromatic heterocycles. The monoisotopic (exact) mass is 943 g/mol. The van der Waals surface area contributed by atoms with Crippen molar-refractivity contribution in [3.63, 3.8) is 0 Å². The Bertz CT molecular complexity index is 1720. The summed E-state index contributed by atoms with van der Waals surface area (Å²) in [6, 6.07) is 0. The van der Waals surface area contributed by atoms with Crippen LogP contribution in [0.5, 0.6) is 0 Å². The summed E-state index contributed by atoms with van der Waals surface area (Å²) in [5, 5.41) is 98.3. The minimum absolute atomic E-state index is 0.00112. The molecule has 0 unspecified atom stereocenters. The lowest BCUT2D eigenvalue weighted by Gasteiger charge is -2.58. The van der Waals surface area contributed by atoms with Crippen molar-refractivity contribution in [1.29, 1.82) is 0 Å². The van der Waals surface area contributed by atoms with Gasteiger partial charge in [-0.2, -0.15) is 0 Å². The van der Waals surface area contributed by atoms with Gasteiger partial charge in [-0.05, 0) is 106 Å². The van der Waals surface area contributed by atoms with Crippen LogP contribution in [0.15, 0.2) is 11.6 Å². The average molecular weight is 943 g/mol. The van der Waals surface area contributed by atoms with Crippen LogP contribution in [0.25, 0.3) is 0 Å². The van der Waals surface area contributed by atoms with Crippen molar-refractivity contribution in [2.45, 2.75) is 229 Å². The van der Waals surface area contributed by atoms with Crippen LogP contribution in [0.3, 0.4) is 0 Å². The molecule has 9 rings (SSSR count). The average Bonchev–Trinajstić information content (AvgIpc) is 3.91. The number of fused-ring (bicyclic) bond motifs is 7. The second kappa shape index (κ2) is 18.9. The van der Waals surface area contributed by atoms with E-state index in [0.29, 0.717) is 43.6 Å². The molecule has 0 aromatic rings. The molecular formula is C48H78O18. The Kier molecular flexibility index (Phi) is 14.3. The second-order valence-corrected chi connectivity index (χ2v) is 22.1. The molecule has 5 saturated heterocycles. The van der Waals surface area contributed by atoms with Gasteiger partial charge in [-0.15, -0.1) is 0 Å². The van der Waals surface area contributed by atoms with E-state index >= 15 is 0 Å². The molecule has 5 heterocycles. The Balaban J connectivity index is 0.899. The van der Waals surface area contributed by atoms with Gasteiger partial charge in [0, 0.05) is 18.4 Å². The van der Waals surface area contributed by atoms with Gasteiger partial charge in [0.2, 0.25) is 0 Å². The molecule has 28 atom stereocenters. The first kappa shape index (κ1) is 50.0. The van der Waals surface area contributed by atoms with Gasteiger partial charge in [-0.1, -0.05) is 46.3 Å². The first-order valence-corrected chi connectivity index (χ1v) is 24.9. The zero-order valence-corrected chi connectivity index (χ0v) is 39.5. The van der Waals surface area contributed by atoms with Crippen LogP contribution >= 0.6 is 0 Å². The third kappa shape index (κ3) is 8.29. The Morgan fingerprint density at radius 3 is 1.98 bits per heavy atom. The number of aliphatic hydroxyl groups is 9. The standard InChI is InChI=1S/C48H78O18/c1-8-15-58-42-20(2)16-31(63-42)48(57)21(3)32-29(66-48)18-28-26-10-9-24-17-25(11-13-46(24,6)27(26)12-14-47(28,32)7)61-45-41(65-44-38(55)36(53)34(51)23(5)60-44)39(56)40(30(19-49)62-45)64-43-37(54)35(52)33(50)22(4)59-43/h9,20-23,25-45,49-57H,8,10-19H2,1-7H3/t20-,21+,22+,23+,25+,26-,27+,28+,29+,30-,31+,32+,33+,34+,35-,36-,37-,38-,39+,40-,41-,42-,43+,44+,45-,46+,47+,48+/m1/s1. The number of aliphatic hydroxyl groups excluding tert-OH is 8. The van der Waals surface area contributed by atoms with E-state index in [2.05, 4.69) is 40.7 Å². The summed E-state index contributed by atoms with van der Waals surface area (Å²) in [7, 11) is 0. The maximum atomic E-state index is 12.3. The molecule has 18 nitrogen and oxygen atoms in total. The van der Waals surface area contributed by atoms with Crippen molar-refractivity contribution in [3.8, 4) is 0 Å². The predicted octanol–water partition coefficient (Wildman–Crippen LogP) is 0.965. The summed E-state index contributed by atoms with van der Waals surface area (Å²) in [5.41, 5.74) is 1.22. The molecule has 0 radical (unpaired) electrons. The Morgan fingerprint density at radius 2 is 1.35 bits per heavy atom. The minimum atomic E-state index is -1.73. The van der Waals surface area contributed by atoms with Crippen LogP contribution in [-0.4, -0.2) is 182 Å². The molecule has 0 amide bonds. The molecule has 378 valence electrons. The van der Waals surface area contributed by atoms with Crippen molar-refractivity contribution in [2.75, 3.05) is 13.2 Å². The highest BCUT2D eigenvalue weighted by Gasteiger charge is 2.70. The van der Waals surface area contributed by atoms with E-state index in [1.165, 1.54) is 19.4 Å². The quantitative estimate of drug-likeness (QED) is 0.131. The normalized spacial score (nSPS) is 57.2. The number of hydrogen-bond donors (Lipinski definition) is 9. The molecule has 5 aliphatic heterocycles. The van der Waals surface area contributed by atoms with Crippen molar-refractivity contribution < 1.29 is 88.6 Å². The van der Waals surface area contributed by atoms with E-state index in [1.807, 2.05) is 0 Å². The van der Waals surface area contributed by atoms with Crippen LogP contribution < -0.4 is 0 Å². The fourth-order valence-corrected chi connectivity index (χ4v) is 14.5. The smallest absolute Gasteiger partial charge is 0.195 e. The third-order valence-electron chi connectivity index (χ3n) is 18.3. The van der Waals surface area contributed by atoms with Gasteiger partial charge in [0.05, 0.1) is 31.0 Å². The largest absolute Gasteiger partial charge is 0.394 e. The summed E-state index contributed by atoms with van der Waals surface area (Å²) in [6.45, 7) is 14.1. The van der Waals surface area contributed by atoms with E-state index < -0.39 is 117 Å². The van der Waals surface area contributed by atoms with E-state index in [1.54, 1.807) is 0 Å². The zero-order chi connectivity index (χ0) is 47.4. The molecule has 0 aromatic carbocycles. The lowest BCUT2D eigenvalue weighted by molar-refractivity contribution is -0.388. The highest BCUT2D eigenvalue weighted by molar-refractivity contribution is 5.26. The zero-order valence-electron chi connectivity index (χ0n) is 39.5. The highest BCUT2D eigenvalue weighted by Crippen LogP contribution is 2.70. The summed E-state index contributed by atoms with van der Waals surface area (Å²) < 4.78 is 55.8. The van der Waals surface area contributed by atoms with E-state index in [0.717, 1.165) is 38.5 Å². The van der Waals surface area contributed by atoms with Crippen LogP contribution in [0.4, 0.5) is 0 Å². The number of hydrogen-bond acceptors (Lipinski definition) is 18. The fraction of sp³-hybridized carbons (Fsp3) is 0.958. The van der Waals surface area contributed by atoms with Crippen molar-refractivity contribution >= 4 is 0 Å². The third-order valence-corrected chi connectivity index (χ3v) is 18.3. The molecule has 0 bridgehead atoms. The molecule has 8 fully saturated rings. The summed E-state index contributed by atoms with van der Waals surface area (Å²) in [5.74, 6) is 0.242. The van der Waals surface area contributed by atoms with Crippen LogP contribution in [-0.2, 0) is 42.6 Å². The SMILES string of the molecule is CCCO[C@@H]1O[C@H]([C@@]2(O)O[C@H]3C[C@H]4[C@@H]5CC=C6C[C@@H](O[C@@H]7O[C@H](CO)[C@@H](O[C@@H]8O[C@@H](C)[C@H](O)[C@@H](O)[C@H]8O)[C@H](O)[C@H]7O[C@@H]7O[C@@H](C)[C@H](O)[C@@H](O)[C@H]7O)CC[C@]6(C)[C@H]5CC[C@]4(C)[C@H]3[C@@H]2C)C[C@H]1C. The fourth-order valence-electron chi connectivity index (χ4n) is 14.5. The van der Waals surface area contributed by atoms with Crippen LogP contribution in [0.2, 0.25) is 0 Å². The van der Waals surface area contributed by atoms with Gasteiger partial charge >= 0.3 is 0 Å². The predicted molar refractivity (Wildman–Crippen MR) is 229 cm³/mol. The Labute approximate surface area is 387 Å². The van der Waals surface area contributed by atoms with E-state index in [-0.39, 0.29) is 41.0 Å². The van der Waals surface area contributed by atoms with Gasteiger partial charge < -0.3 is 88.6 Å². The lowest BCUT2D eigenvalue weighted by atomic mass is 9.47. The van der Waals surface area contributed by atoms with Gasteiger partial charge in [-0.3, -0.25) is 0 Å². The maximum absolute atomic E-state index is 12.3. The first-order valence-electron chi connectivity index (χ1n) is 24.9. The van der Waals surface area contributed by atoms with Crippen molar-refractivity contribution in [3.05, 3.63) is 11.6 Å². The Morgan fingerprint density at radius 1 is 0.697 bits per heavy atom. The number of allylic oxidation sites excluding steroid dienone is 1. The Hall–Kier alpha value is -0.980. The topological polar surface area (TPSA) is 265 Å². The molecule has 66 heavy (non-hydrogen) atoms. The first-order chi connectivity index (χ1) is 31.2. The van der Waals surface area contributed by atoms with Crippen molar-refractivity contribution in [1.82, 2.24) is 0 Å². The van der Waals surface area contributed by atoms with Crippen LogP contribution in [0.1, 0.15) is 106 Å². The maximum Gasteiger partial charge on any atom is 0.195 e. The molecule has 4 aliphatic carbocycles. The molecule has 18 heteroatoms. The molecule has 9 N–H and O–H groups in total. The molecule has 9 aliphatic rings. The lowest BCUT2D eigenvalue weighted by Crippen LogP contribution is -2.66. The van der Waals surface area contributed by atoms with E-state index in [9.17, 15) is 46.0 Å². The summed E-state index contributed by atoms with van der Waals surface area (Å²) in [4.78, 5) is 0. The van der Waals surface area contributed by atoms with Crippen molar-refractivity contribution in [2.24, 2.45) is 46.3 Å². The van der Waals surface area contributed by atoms with E-state index in [4.69, 9.17) is 42.6 Å². The second-order valence-electron chi connectivity index (χ2n) is 22.1.